The molecule has 1 aliphatic heterocycles. The van der Waals surface area contributed by atoms with Gasteiger partial charge in [-0.3, -0.25) is 9.59 Å². The Morgan fingerprint density at radius 3 is 2.72 bits per heavy atom. The molecule has 2 aromatic rings. The molecular formula is C18H24N4O3. The Morgan fingerprint density at radius 1 is 1.32 bits per heavy atom. The first-order valence-electron chi connectivity index (χ1n) is 8.53. The summed E-state index contributed by atoms with van der Waals surface area (Å²) >= 11 is 0. The van der Waals surface area contributed by atoms with E-state index >= 15 is 0 Å². The van der Waals surface area contributed by atoms with Gasteiger partial charge in [0.05, 0.1) is 12.0 Å². The van der Waals surface area contributed by atoms with Crippen LogP contribution in [0.5, 0.6) is 0 Å². The van der Waals surface area contributed by atoms with Crippen LogP contribution in [-0.2, 0) is 16.1 Å². The van der Waals surface area contributed by atoms with Gasteiger partial charge in [-0.05, 0) is 26.0 Å². The number of carbonyl (C=O) groups excluding carboxylic acids is 2. The van der Waals surface area contributed by atoms with E-state index in [0.717, 1.165) is 17.3 Å². The third-order valence-electron chi connectivity index (χ3n) is 4.68. The molecule has 2 amide bonds. The van der Waals surface area contributed by atoms with Gasteiger partial charge in [0.25, 0.3) is 0 Å². The molecule has 1 N–H and O–H groups in total. The fraction of sp³-hybridized carbons (Fsp3) is 0.500. The average molecular weight is 344 g/mol. The van der Waals surface area contributed by atoms with Crippen molar-refractivity contribution in [3.8, 4) is 0 Å². The molecular weight excluding hydrogens is 320 g/mol. The summed E-state index contributed by atoms with van der Waals surface area (Å²) in [5, 5.41) is 2.96. The maximum Gasteiger partial charge on any atom is 0.224 e. The van der Waals surface area contributed by atoms with Crippen molar-refractivity contribution in [2.24, 2.45) is 0 Å². The van der Waals surface area contributed by atoms with E-state index in [1.165, 1.54) is 6.92 Å². The Bertz CT molecular complexity index is 764. The highest BCUT2D eigenvalue weighted by Crippen LogP contribution is 2.29. The van der Waals surface area contributed by atoms with Crippen molar-refractivity contribution in [2.45, 2.75) is 45.7 Å². The molecule has 7 nitrogen and oxygen atoms in total. The predicted molar refractivity (Wildman–Crippen MR) is 92.0 cm³/mol. The van der Waals surface area contributed by atoms with Crippen LogP contribution in [0, 0.1) is 13.8 Å². The van der Waals surface area contributed by atoms with E-state index in [9.17, 15) is 9.59 Å². The van der Waals surface area contributed by atoms with Gasteiger partial charge in [-0.1, -0.05) is 0 Å². The number of furan rings is 1. The van der Waals surface area contributed by atoms with Crippen LogP contribution >= 0.6 is 0 Å². The van der Waals surface area contributed by atoms with E-state index in [-0.39, 0.29) is 23.8 Å². The highest BCUT2D eigenvalue weighted by atomic mass is 16.3. The standard InChI is InChI=1S/C18H24N4O3/c1-12-4-5-17(25-12)15-10-22(11-16(15)20-14(3)23)18(24)6-8-21-9-7-19-13(21)2/h4-5,7,9,15-16H,6,8,10-11H2,1-3H3,(H,20,23)/t15-,16-/m1/s1. The zero-order valence-corrected chi connectivity index (χ0v) is 14.9. The first kappa shape index (κ1) is 17.3. The second-order valence-corrected chi connectivity index (χ2v) is 6.58. The number of likely N-dealkylation sites (tertiary alicyclic amines) is 1. The fourth-order valence-corrected chi connectivity index (χ4v) is 3.37. The van der Waals surface area contributed by atoms with E-state index in [4.69, 9.17) is 4.42 Å². The lowest BCUT2D eigenvalue weighted by Crippen LogP contribution is -2.39. The van der Waals surface area contributed by atoms with Crippen LogP contribution in [0.2, 0.25) is 0 Å². The molecule has 0 spiro atoms. The van der Waals surface area contributed by atoms with Gasteiger partial charge in [-0.2, -0.15) is 0 Å². The average Bonchev–Trinajstić information content (AvgIpc) is 3.25. The van der Waals surface area contributed by atoms with Crippen molar-refractivity contribution in [3.63, 3.8) is 0 Å². The van der Waals surface area contributed by atoms with Crippen molar-refractivity contribution in [1.29, 1.82) is 0 Å². The quantitative estimate of drug-likeness (QED) is 0.894. The first-order chi connectivity index (χ1) is 11.9. The number of aryl methyl sites for hydroxylation is 3. The summed E-state index contributed by atoms with van der Waals surface area (Å²) in [5.74, 6) is 2.51. The summed E-state index contributed by atoms with van der Waals surface area (Å²) < 4.78 is 7.71. The zero-order chi connectivity index (χ0) is 18.0. The molecule has 134 valence electrons. The summed E-state index contributed by atoms with van der Waals surface area (Å²) in [6.45, 7) is 6.98. The SMILES string of the molecule is CC(=O)N[C@@H]1CN(C(=O)CCn2ccnc2C)C[C@H]1c1ccc(C)o1. The molecule has 3 rings (SSSR count). The molecule has 1 saturated heterocycles. The lowest BCUT2D eigenvalue weighted by atomic mass is 10.0. The second-order valence-electron chi connectivity index (χ2n) is 6.58. The van der Waals surface area contributed by atoms with Gasteiger partial charge in [-0.15, -0.1) is 0 Å². The van der Waals surface area contributed by atoms with Gasteiger partial charge in [-0.25, -0.2) is 4.98 Å². The molecule has 7 heteroatoms. The molecule has 2 atom stereocenters. The predicted octanol–water partition coefficient (Wildman–Crippen LogP) is 1.61. The summed E-state index contributed by atoms with van der Waals surface area (Å²) in [6, 6.07) is 3.71. The minimum atomic E-state index is -0.123. The van der Waals surface area contributed by atoms with Crippen molar-refractivity contribution < 1.29 is 14.0 Å². The topological polar surface area (TPSA) is 80.4 Å². The third-order valence-corrected chi connectivity index (χ3v) is 4.68. The zero-order valence-electron chi connectivity index (χ0n) is 14.9. The lowest BCUT2D eigenvalue weighted by Gasteiger charge is -2.17. The van der Waals surface area contributed by atoms with E-state index < -0.39 is 0 Å². The number of imidazole rings is 1. The largest absolute Gasteiger partial charge is 0.466 e. The molecule has 0 aromatic carbocycles. The molecule has 0 unspecified atom stereocenters. The van der Waals surface area contributed by atoms with Crippen molar-refractivity contribution >= 4 is 11.8 Å². The maximum atomic E-state index is 12.6. The van der Waals surface area contributed by atoms with Crippen LogP contribution in [0.25, 0.3) is 0 Å². The van der Waals surface area contributed by atoms with Crippen LogP contribution in [0.15, 0.2) is 28.9 Å². The first-order valence-corrected chi connectivity index (χ1v) is 8.53. The van der Waals surface area contributed by atoms with Crippen molar-refractivity contribution in [2.75, 3.05) is 13.1 Å². The third kappa shape index (κ3) is 3.92. The Hall–Kier alpha value is -2.57. The van der Waals surface area contributed by atoms with Gasteiger partial charge in [0.1, 0.15) is 17.3 Å². The van der Waals surface area contributed by atoms with Crippen LogP contribution in [-0.4, -0.2) is 45.4 Å². The van der Waals surface area contributed by atoms with E-state index in [2.05, 4.69) is 10.3 Å². The van der Waals surface area contributed by atoms with Crippen LogP contribution in [0.3, 0.4) is 0 Å². The summed E-state index contributed by atoms with van der Waals surface area (Å²) in [4.78, 5) is 30.1. The number of nitrogens with zero attached hydrogens (tertiary/aromatic N) is 3. The number of aromatic nitrogens is 2. The Balaban J connectivity index is 1.66. The number of hydrogen-bond donors (Lipinski definition) is 1. The van der Waals surface area contributed by atoms with Gasteiger partial charge in [0, 0.05) is 45.4 Å². The monoisotopic (exact) mass is 344 g/mol. The molecule has 1 fully saturated rings. The van der Waals surface area contributed by atoms with E-state index in [0.29, 0.717) is 26.1 Å². The van der Waals surface area contributed by atoms with Gasteiger partial charge >= 0.3 is 0 Å². The van der Waals surface area contributed by atoms with Gasteiger partial charge in [0.2, 0.25) is 11.8 Å². The number of hydrogen-bond acceptors (Lipinski definition) is 4. The summed E-state index contributed by atoms with van der Waals surface area (Å²) in [5.41, 5.74) is 0. The van der Waals surface area contributed by atoms with Crippen LogP contribution in [0.1, 0.15) is 36.6 Å². The van der Waals surface area contributed by atoms with Gasteiger partial charge < -0.3 is 19.2 Å². The second kappa shape index (κ2) is 7.13. The number of nitrogens with one attached hydrogen (secondary N) is 1. The normalized spacial score (nSPS) is 20.0. The lowest BCUT2D eigenvalue weighted by molar-refractivity contribution is -0.130. The number of amides is 2. The fourth-order valence-electron chi connectivity index (χ4n) is 3.37. The van der Waals surface area contributed by atoms with Crippen molar-refractivity contribution in [1.82, 2.24) is 19.8 Å². The molecule has 0 bridgehead atoms. The minimum absolute atomic E-state index is 0.0171. The Labute approximate surface area is 147 Å². The minimum Gasteiger partial charge on any atom is -0.466 e. The summed E-state index contributed by atoms with van der Waals surface area (Å²) in [6.07, 6.45) is 4.02. The van der Waals surface area contributed by atoms with Gasteiger partial charge in [0.15, 0.2) is 0 Å². The van der Waals surface area contributed by atoms with E-state index in [1.807, 2.05) is 41.6 Å². The van der Waals surface area contributed by atoms with E-state index in [1.54, 1.807) is 6.20 Å². The highest BCUT2D eigenvalue weighted by Gasteiger charge is 2.38. The molecule has 1 aliphatic rings. The molecule has 25 heavy (non-hydrogen) atoms. The molecule has 3 heterocycles. The molecule has 0 saturated carbocycles. The highest BCUT2D eigenvalue weighted by molar-refractivity contribution is 5.77. The number of rotatable bonds is 5. The molecule has 0 aliphatic carbocycles. The van der Waals surface area contributed by atoms with Crippen LogP contribution in [0.4, 0.5) is 0 Å². The Kier molecular flexibility index (Phi) is 4.92. The van der Waals surface area contributed by atoms with Crippen LogP contribution < -0.4 is 5.32 Å². The molecule has 0 radical (unpaired) electrons. The smallest absolute Gasteiger partial charge is 0.224 e. The molecule has 2 aromatic heterocycles. The number of carbonyl (C=O) groups is 2. The van der Waals surface area contributed by atoms with Crippen molar-refractivity contribution in [3.05, 3.63) is 41.9 Å². The summed E-state index contributed by atoms with van der Waals surface area (Å²) in [7, 11) is 0. The maximum absolute atomic E-state index is 12.6. The Morgan fingerprint density at radius 2 is 2.12 bits per heavy atom.